The number of anilines is 2. The molecule has 1 aliphatic rings. The van der Waals surface area contributed by atoms with Crippen LogP contribution in [0.25, 0.3) is 0 Å². The van der Waals surface area contributed by atoms with Crippen LogP contribution in [0.15, 0.2) is 29.4 Å². The van der Waals surface area contributed by atoms with Crippen molar-refractivity contribution in [3.63, 3.8) is 0 Å². The van der Waals surface area contributed by atoms with Crippen molar-refractivity contribution in [2.75, 3.05) is 23.4 Å². The van der Waals surface area contributed by atoms with Gasteiger partial charge in [0.1, 0.15) is 12.1 Å². The summed E-state index contributed by atoms with van der Waals surface area (Å²) in [6.07, 6.45) is 5.13. The van der Waals surface area contributed by atoms with E-state index in [1.807, 2.05) is 24.3 Å². The van der Waals surface area contributed by atoms with E-state index in [9.17, 15) is 0 Å². The van der Waals surface area contributed by atoms with Gasteiger partial charge in [0.2, 0.25) is 5.71 Å². The molecule has 1 heterocycles. The van der Waals surface area contributed by atoms with E-state index in [0.717, 1.165) is 18.8 Å². The lowest BCUT2D eigenvalue weighted by atomic mass is 10.2. The maximum Gasteiger partial charge on any atom is 0.237 e. The first-order valence-corrected chi connectivity index (χ1v) is 6.82. The smallest absolute Gasteiger partial charge is 0.237 e. The molecule has 0 atom stereocenters. The zero-order valence-corrected chi connectivity index (χ0v) is 11.3. The van der Waals surface area contributed by atoms with E-state index < -0.39 is 0 Å². The summed E-state index contributed by atoms with van der Waals surface area (Å²) in [6.45, 7) is 2.22. The van der Waals surface area contributed by atoms with Crippen LogP contribution in [0.1, 0.15) is 25.7 Å². The van der Waals surface area contributed by atoms with Crippen molar-refractivity contribution in [2.24, 2.45) is 5.10 Å². The number of hydrogen-bond donors (Lipinski definition) is 1. The van der Waals surface area contributed by atoms with Crippen LogP contribution >= 0.6 is 0 Å². The van der Waals surface area contributed by atoms with Crippen LogP contribution in [0.5, 0.6) is 0 Å². The Hall–Kier alpha value is -2.53. The van der Waals surface area contributed by atoms with E-state index >= 15 is 0 Å². The first-order valence-electron chi connectivity index (χ1n) is 6.82. The topological polar surface area (TPSA) is 75.2 Å². The Morgan fingerprint density at radius 2 is 1.60 bits per heavy atom. The Bertz CT molecular complexity index is 523. The van der Waals surface area contributed by atoms with E-state index in [1.54, 1.807) is 12.1 Å². The van der Waals surface area contributed by atoms with Crippen LogP contribution in [-0.4, -0.2) is 18.8 Å². The Morgan fingerprint density at radius 3 is 2.15 bits per heavy atom. The summed E-state index contributed by atoms with van der Waals surface area (Å²) in [5, 5.41) is 20.9. The van der Waals surface area contributed by atoms with Crippen LogP contribution in [0.2, 0.25) is 0 Å². The van der Waals surface area contributed by atoms with Gasteiger partial charge in [0.15, 0.2) is 0 Å². The van der Waals surface area contributed by atoms with Crippen LogP contribution in [0, 0.1) is 22.7 Å². The molecule has 2 rings (SSSR count). The molecule has 0 bridgehead atoms. The van der Waals surface area contributed by atoms with Crippen molar-refractivity contribution >= 4 is 17.1 Å². The molecule has 1 aliphatic heterocycles. The largest absolute Gasteiger partial charge is 0.372 e. The number of benzene rings is 1. The normalized spacial score (nSPS) is 14.6. The second kappa shape index (κ2) is 7.16. The number of nitriles is 2. The zero-order chi connectivity index (χ0) is 14.2. The maximum absolute atomic E-state index is 8.59. The van der Waals surface area contributed by atoms with Gasteiger partial charge in [-0.25, -0.2) is 0 Å². The lowest BCUT2D eigenvalue weighted by Gasteiger charge is -2.22. The molecule has 0 spiro atoms. The molecule has 1 N–H and O–H groups in total. The summed E-state index contributed by atoms with van der Waals surface area (Å²) < 4.78 is 0. The highest BCUT2D eigenvalue weighted by Crippen LogP contribution is 2.21. The lowest BCUT2D eigenvalue weighted by Crippen LogP contribution is -2.23. The van der Waals surface area contributed by atoms with Gasteiger partial charge in [-0.1, -0.05) is 12.8 Å². The summed E-state index contributed by atoms with van der Waals surface area (Å²) in [7, 11) is 0. The third-order valence-electron chi connectivity index (χ3n) is 3.35. The molecule has 0 radical (unpaired) electrons. The van der Waals surface area contributed by atoms with E-state index in [0.29, 0.717) is 0 Å². The van der Waals surface area contributed by atoms with Gasteiger partial charge in [0.25, 0.3) is 0 Å². The first kappa shape index (κ1) is 13.9. The highest BCUT2D eigenvalue weighted by molar-refractivity contribution is 6.10. The summed E-state index contributed by atoms with van der Waals surface area (Å²) in [6, 6.07) is 11.3. The molecule has 102 valence electrons. The second-order valence-corrected chi connectivity index (χ2v) is 4.74. The molecule has 0 aliphatic carbocycles. The van der Waals surface area contributed by atoms with Crippen LogP contribution in [0.3, 0.4) is 0 Å². The van der Waals surface area contributed by atoms with E-state index in [-0.39, 0.29) is 5.71 Å². The molecule has 5 nitrogen and oxygen atoms in total. The lowest BCUT2D eigenvalue weighted by molar-refractivity contribution is 0.726. The summed E-state index contributed by atoms with van der Waals surface area (Å²) in [5.74, 6) is 0. The predicted octanol–water partition coefficient (Wildman–Crippen LogP) is 2.88. The van der Waals surface area contributed by atoms with Gasteiger partial charge in [-0.05, 0) is 37.1 Å². The Morgan fingerprint density at radius 1 is 1.00 bits per heavy atom. The number of hydrazone groups is 1. The Labute approximate surface area is 119 Å². The predicted molar refractivity (Wildman–Crippen MR) is 79.4 cm³/mol. The molecule has 0 unspecified atom stereocenters. The third kappa shape index (κ3) is 3.73. The van der Waals surface area contributed by atoms with E-state index in [1.165, 1.54) is 31.4 Å². The number of rotatable bonds is 3. The van der Waals surface area contributed by atoms with Gasteiger partial charge in [0, 0.05) is 18.8 Å². The number of nitrogens with one attached hydrogen (secondary N) is 1. The van der Waals surface area contributed by atoms with Crippen molar-refractivity contribution in [1.29, 1.82) is 10.5 Å². The molecule has 5 heteroatoms. The monoisotopic (exact) mass is 267 g/mol. The molecular formula is C15H17N5. The summed E-state index contributed by atoms with van der Waals surface area (Å²) in [4.78, 5) is 2.40. The summed E-state index contributed by atoms with van der Waals surface area (Å²) in [5.41, 5.74) is 4.51. The van der Waals surface area contributed by atoms with E-state index in [4.69, 9.17) is 10.5 Å². The quantitative estimate of drug-likeness (QED) is 0.675. The Kier molecular flexibility index (Phi) is 4.97. The van der Waals surface area contributed by atoms with Gasteiger partial charge < -0.3 is 4.90 Å². The van der Waals surface area contributed by atoms with Gasteiger partial charge in [-0.15, -0.1) is 0 Å². The fraction of sp³-hybridized carbons (Fsp3) is 0.400. The zero-order valence-electron chi connectivity index (χ0n) is 11.3. The first-order chi connectivity index (χ1) is 9.83. The van der Waals surface area contributed by atoms with Crippen LogP contribution in [-0.2, 0) is 0 Å². The number of nitrogens with zero attached hydrogens (tertiary/aromatic N) is 4. The minimum absolute atomic E-state index is 0.179. The standard InChI is InChI=1S/C15H17N5/c16-11-14(12-17)19-18-13-5-7-15(8-6-13)20-9-3-1-2-4-10-20/h5-8,18H,1-4,9-10H2. The molecule has 1 aromatic carbocycles. The molecule has 1 fully saturated rings. The van der Waals surface area contributed by atoms with Crippen molar-refractivity contribution in [3.05, 3.63) is 24.3 Å². The van der Waals surface area contributed by atoms with Crippen LogP contribution < -0.4 is 10.3 Å². The second-order valence-electron chi connectivity index (χ2n) is 4.74. The fourth-order valence-corrected chi connectivity index (χ4v) is 2.27. The average Bonchev–Trinajstić information content (AvgIpc) is 2.78. The molecule has 20 heavy (non-hydrogen) atoms. The molecule has 0 aromatic heterocycles. The number of hydrogen-bond acceptors (Lipinski definition) is 5. The average molecular weight is 267 g/mol. The maximum atomic E-state index is 8.59. The highest BCUT2D eigenvalue weighted by Gasteiger charge is 2.09. The molecular weight excluding hydrogens is 250 g/mol. The van der Waals surface area contributed by atoms with Crippen molar-refractivity contribution in [1.82, 2.24) is 0 Å². The SMILES string of the molecule is N#CC(C#N)=NNc1ccc(N2CCCCCC2)cc1. The fourth-order valence-electron chi connectivity index (χ4n) is 2.27. The molecule has 1 saturated heterocycles. The third-order valence-corrected chi connectivity index (χ3v) is 3.35. The van der Waals surface area contributed by atoms with Crippen molar-refractivity contribution < 1.29 is 0 Å². The minimum Gasteiger partial charge on any atom is -0.372 e. The molecule has 1 aromatic rings. The van der Waals surface area contributed by atoms with Gasteiger partial charge >= 0.3 is 0 Å². The Balaban J connectivity index is 2.01. The molecule has 0 amide bonds. The van der Waals surface area contributed by atoms with Crippen molar-refractivity contribution in [2.45, 2.75) is 25.7 Å². The molecule has 0 saturated carbocycles. The van der Waals surface area contributed by atoms with E-state index in [2.05, 4.69) is 15.4 Å². The highest BCUT2D eigenvalue weighted by atomic mass is 15.3. The minimum atomic E-state index is -0.179. The van der Waals surface area contributed by atoms with Gasteiger partial charge in [0.05, 0.1) is 5.69 Å². The van der Waals surface area contributed by atoms with Crippen molar-refractivity contribution in [3.8, 4) is 12.1 Å². The van der Waals surface area contributed by atoms with Gasteiger partial charge in [-0.2, -0.15) is 15.6 Å². The summed E-state index contributed by atoms with van der Waals surface area (Å²) >= 11 is 0. The van der Waals surface area contributed by atoms with Crippen LogP contribution in [0.4, 0.5) is 11.4 Å². The van der Waals surface area contributed by atoms with Gasteiger partial charge in [-0.3, -0.25) is 5.43 Å².